The van der Waals surface area contributed by atoms with Gasteiger partial charge in [-0.25, -0.2) is 0 Å². The van der Waals surface area contributed by atoms with Crippen LogP contribution in [0.1, 0.15) is 16.1 Å². The SMILES string of the molecule is O=C(Nc1cccc(Br)c1)c1cncc(NCc2ccco2)c1. The molecule has 2 N–H and O–H groups in total. The van der Waals surface area contributed by atoms with Gasteiger partial charge in [-0.15, -0.1) is 0 Å². The fourth-order valence-corrected chi connectivity index (χ4v) is 2.43. The molecule has 0 aliphatic carbocycles. The molecule has 0 unspecified atom stereocenters. The average molecular weight is 372 g/mol. The molecule has 0 aliphatic rings. The number of carbonyl (C=O) groups is 1. The highest BCUT2D eigenvalue weighted by atomic mass is 79.9. The number of aromatic nitrogens is 1. The van der Waals surface area contributed by atoms with Gasteiger partial charge in [0.05, 0.1) is 24.1 Å². The van der Waals surface area contributed by atoms with Crippen molar-refractivity contribution in [1.29, 1.82) is 0 Å². The Morgan fingerprint density at radius 1 is 1.13 bits per heavy atom. The molecule has 2 aromatic heterocycles. The number of anilines is 2. The highest BCUT2D eigenvalue weighted by molar-refractivity contribution is 9.10. The second-order valence-corrected chi connectivity index (χ2v) is 5.78. The van der Waals surface area contributed by atoms with Crippen LogP contribution in [0, 0.1) is 0 Å². The van der Waals surface area contributed by atoms with Gasteiger partial charge in [0, 0.05) is 22.6 Å². The molecule has 1 amide bonds. The van der Waals surface area contributed by atoms with Crippen molar-refractivity contribution in [2.24, 2.45) is 0 Å². The molecule has 0 atom stereocenters. The number of pyridine rings is 1. The lowest BCUT2D eigenvalue weighted by molar-refractivity contribution is 0.102. The van der Waals surface area contributed by atoms with Crippen LogP contribution in [0.5, 0.6) is 0 Å². The third-order valence-electron chi connectivity index (χ3n) is 3.13. The van der Waals surface area contributed by atoms with Crippen LogP contribution in [0.15, 0.2) is 70.0 Å². The fourth-order valence-electron chi connectivity index (χ4n) is 2.03. The Labute approximate surface area is 141 Å². The van der Waals surface area contributed by atoms with Crippen molar-refractivity contribution in [3.8, 4) is 0 Å². The van der Waals surface area contributed by atoms with E-state index < -0.39 is 0 Å². The average Bonchev–Trinajstić information content (AvgIpc) is 3.07. The standard InChI is InChI=1S/C17H14BrN3O2/c18-13-3-1-4-14(8-13)21-17(22)12-7-15(10-19-9-12)20-11-16-5-2-6-23-16/h1-10,20H,11H2,(H,21,22). The molecule has 5 nitrogen and oxygen atoms in total. The van der Waals surface area contributed by atoms with Crippen molar-refractivity contribution in [3.05, 3.63) is 76.9 Å². The lowest BCUT2D eigenvalue weighted by atomic mass is 10.2. The highest BCUT2D eigenvalue weighted by Gasteiger charge is 2.08. The van der Waals surface area contributed by atoms with Crippen molar-refractivity contribution in [3.63, 3.8) is 0 Å². The number of rotatable bonds is 5. The summed E-state index contributed by atoms with van der Waals surface area (Å²) in [6.45, 7) is 0.533. The van der Waals surface area contributed by atoms with E-state index in [0.717, 1.165) is 21.6 Å². The first-order chi connectivity index (χ1) is 11.2. The van der Waals surface area contributed by atoms with Crippen LogP contribution in [0.25, 0.3) is 0 Å². The van der Waals surface area contributed by atoms with Gasteiger partial charge in [0.1, 0.15) is 5.76 Å². The minimum Gasteiger partial charge on any atom is -0.467 e. The molecule has 0 spiro atoms. The molecule has 0 aliphatic heterocycles. The van der Waals surface area contributed by atoms with Gasteiger partial charge in [-0.05, 0) is 36.4 Å². The smallest absolute Gasteiger partial charge is 0.257 e. The summed E-state index contributed by atoms with van der Waals surface area (Å²) in [6.07, 6.45) is 4.82. The zero-order valence-corrected chi connectivity index (χ0v) is 13.7. The summed E-state index contributed by atoms with van der Waals surface area (Å²) >= 11 is 3.38. The number of carbonyl (C=O) groups excluding carboxylic acids is 1. The molecule has 0 fully saturated rings. The first kappa shape index (κ1) is 15.3. The maximum atomic E-state index is 12.3. The zero-order valence-electron chi connectivity index (χ0n) is 12.1. The Kier molecular flexibility index (Phi) is 4.73. The van der Waals surface area contributed by atoms with E-state index >= 15 is 0 Å². The van der Waals surface area contributed by atoms with Crippen LogP contribution in [-0.4, -0.2) is 10.9 Å². The third kappa shape index (κ3) is 4.20. The molecule has 6 heteroatoms. The topological polar surface area (TPSA) is 67.2 Å². The molecule has 3 aromatic rings. The molecular weight excluding hydrogens is 358 g/mol. The van der Waals surface area contributed by atoms with E-state index in [1.807, 2.05) is 36.4 Å². The molecule has 3 rings (SSSR count). The lowest BCUT2D eigenvalue weighted by Gasteiger charge is -2.08. The van der Waals surface area contributed by atoms with Crippen molar-refractivity contribution in [2.45, 2.75) is 6.54 Å². The first-order valence-electron chi connectivity index (χ1n) is 6.99. The summed E-state index contributed by atoms with van der Waals surface area (Å²) in [5.74, 6) is 0.603. The number of hydrogen-bond donors (Lipinski definition) is 2. The van der Waals surface area contributed by atoms with E-state index in [1.165, 1.54) is 6.20 Å². The van der Waals surface area contributed by atoms with Crippen molar-refractivity contribution >= 4 is 33.2 Å². The van der Waals surface area contributed by atoms with Crippen molar-refractivity contribution < 1.29 is 9.21 Å². The summed E-state index contributed by atoms with van der Waals surface area (Å²) < 4.78 is 6.16. The minimum absolute atomic E-state index is 0.211. The minimum atomic E-state index is -0.211. The van der Waals surface area contributed by atoms with Gasteiger partial charge in [-0.3, -0.25) is 9.78 Å². The number of nitrogens with zero attached hydrogens (tertiary/aromatic N) is 1. The lowest BCUT2D eigenvalue weighted by Crippen LogP contribution is -2.12. The molecule has 0 saturated carbocycles. The van der Waals surface area contributed by atoms with E-state index in [1.54, 1.807) is 18.5 Å². The normalized spacial score (nSPS) is 10.3. The summed E-state index contributed by atoms with van der Waals surface area (Å²) in [4.78, 5) is 16.4. The summed E-state index contributed by atoms with van der Waals surface area (Å²) in [6, 6.07) is 12.9. The van der Waals surface area contributed by atoms with Gasteiger partial charge in [-0.1, -0.05) is 22.0 Å². The van der Waals surface area contributed by atoms with Crippen LogP contribution in [-0.2, 0) is 6.54 Å². The van der Waals surface area contributed by atoms with Gasteiger partial charge in [0.25, 0.3) is 5.91 Å². The van der Waals surface area contributed by atoms with Gasteiger partial charge in [0.15, 0.2) is 0 Å². The van der Waals surface area contributed by atoms with Crippen LogP contribution >= 0.6 is 15.9 Å². The molecule has 0 radical (unpaired) electrons. The highest BCUT2D eigenvalue weighted by Crippen LogP contribution is 2.17. The summed E-state index contributed by atoms with van der Waals surface area (Å²) in [7, 11) is 0. The monoisotopic (exact) mass is 371 g/mol. The van der Waals surface area contributed by atoms with Gasteiger partial charge in [0.2, 0.25) is 0 Å². The van der Waals surface area contributed by atoms with E-state index in [9.17, 15) is 4.79 Å². The first-order valence-corrected chi connectivity index (χ1v) is 7.78. The Balaban J connectivity index is 1.67. The van der Waals surface area contributed by atoms with E-state index in [4.69, 9.17) is 4.42 Å². The quantitative estimate of drug-likeness (QED) is 0.701. The number of nitrogens with one attached hydrogen (secondary N) is 2. The number of benzene rings is 1. The molecule has 1 aromatic carbocycles. The second kappa shape index (κ2) is 7.11. The molecule has 2 heterocycles. The van der Waals surface area contributed by atoms with Crippen LogP contribution < -0.4 is 10.6 Å². The maximum absolute atomic E-state index is 12.3. The predicted molar refractivity (Wildman–Crippen MR) is 92.4 cm³/mol. The molecule has 0 saturated heterocycles. The Morgan fingerprint density at radius 2 is 2.04 bits per heavy atom. The molecule has 116 valence electrons. The summed E-state index contributed by atoms with van der Waals surface area (Å²) in [5, 5.41) is 6.01. The van der Waals surface area contributed by atoms with Gasteiger partial charge < -0.3 is 15.1 Å². The van der Waals surface area contributed by atoms with E-state index in [2.05, 4.69) is 31.5 Å². The maximum Gasteiger partial charge on any atom is 0.257 e. The molecular formula is C17H14BrN3O2. The number of halogens is 1. The molecule has 23 heavy (non-hydrogen) atoms. The van der Waals surface area contributed by atoms with Crippen LogP contribution in [0.4, 0.5) is 11.4 Å². The van der Waals surface area contributed by atoms with Crippen LogP contribution in [0.2, 0.25) is 0 Å². The van der Waals surface area contributed by atoms with Crippen molar-refractivity contribution in [1.82, 2.24) is 4.98 Å². The van der Waals surface area contributed by atoms with E-state index in [-0.39, 0.29) is 5.91 Å². The summed E-state index contributed by atoms with van der Waals surface area (Å²) in [5.41, 5.74) is 1.95. The Morgan fingerprint density at radius 3 is 2.83 bits per heavy atom. The second-order valence-electron chi connectivity index (χ2n) is 4.86. The number of furan rings is 1. The zero-order chi connectivity index (χ0) is 16.1. The Bertz CT molecular complexity index is 803. The van der Waals surface area contributed by atoms with Crippen LogP contribution in [0.3, 0.4) is 0 Å². The van der Waals surface area contributed by atoms with E-state index in [0.29, 0.717) is 12.1 Å². The number of amides is 1. The van der Waals surface area contributed by atoms with Gasteiger partial charge >= 0.3 is 0 Å². The van der Waals surface area contributed by atoms with Crippen molar-refractivity contribution in [2.75, 3.05) is 10.6 Å². The number of hydrogen-bond acceptors (Lipinski definition) is 4. The van der Waals surface area contributed by atoms with Gasteiger partial charge in [-0.2, -0.15) is 0 Å². The largest absolute Gasteiger partial charge is 0.467 e. The third-order valence-corrected chi connectivity index (χ3v) is 3.62. The molecule has 0 bridgehead atoms. The predicted octanol–water partition coefficient (Wildman–Crippen LogP) is 4.30. The fraction of sp³-hybridized carbons (Fsp3) is 0.0588. The Hall–Kier alpha value is -2.60.